The van der Waals surface area contributed by atoms with Crippen LogP contribution in [0.1, 0.15) is 25.8 Å². The van der Waals surface area contributed by atoms with Crippen LogP contribution in [0.3, 0.4) is 0 Å². The predicted octanol–water partition coefficient (Wildman–Crippen LogP) is 1.15. The molecule has 1 aromatic rings. The van der Waals surface area contributed by atoms with E-state index in [-0.39, 0.29) is 11.5 Å². The molecule has 1 aromatic carbocycles. The Hall–Kier alpha value is -1.47. The van der Waals surface area contributed by atoms with E-state index in [2.05, 4.69) is 4.72 Å². The molecule has 2 unspecified atom stereocenters. The van der Waals surface area contributed by atoms with Gasteiger partial charge in [-0.25, -0.2) is 17.5 Å². The van der Waals surface area contributed by atoms with Crippen molar-refractivity contribution in [3.05, 3.63) is 35.6 Å². The molecule has 0 heterocycles. The summed E-state index contributed by atoms with van der Waals surface area (Å²) >= 11 is 0. The third-order valence-electron chi connectivity index (χ3n) is 3.13. The highest BCUT2D eigenvalue weighted by Gasteiger charge is 2.27. The fourth-order valence-corrected chi connectivity index (χ4v) is 3.21. The van der Waals surface area contributed by atoms with E-state index in [1.807, 2.05) is 6.92 Å². The number of rotatable bonds is 7. The van der Waals surface area contributed by atoms with Crippen molar-refractivity contribution in [3.8, 4) is 0 Å². The van der Waals surface area contributed by atoms with E-state index in [4.69, 9.17) is 5.73 Å². The Bertz CT molecular complexity index is 575. The topological polar surface area (TPSA) is 89.3 Å². The summed E-state index contributed by atoms with van der Waals surface area (Å²) in [5.41, 5.74) is 5.25. The number of amides is 1. The van der Waals surface area contributed by atoms with Crippen LogP contribution in [0, 0.1) is 11.7 Å². The van der Waals surface area contributed by atoms with Crippen LogP contribution in [-0.4, -0.2) is 20.4 Å². The van der Waals surface area contributed by atoms with Crippen LogP contribution in [-0.2, 0) is 20.6 Å². The maximum Gasteiger partial charge on any atom is 0.235 e. The normalized spacial score (nSPS) is 14.8. The van der Waals surface area contributed by atoms with Gasteiger partial charge in [-0.1, -0.05) is 38.5 Å². The fourth-order valence-electron chi connectivity index (χ4n) is 1.75. The molecule has 7 heteroatoms. The molecule has 0 aliphatic heterocycles. The minimum atomic E-state index is -3.85. The number of nitrogens with two attached hydrogens (primary N) is 1. The van der Waals surface area contributed by atoms with Gasteiger partial charge in [0.2, 0.25) is 15.9 Å². The van der Waals surface area contributed by atoms with Gasteiger partial charge >= 0.3 is 0 Å². The summed E-state index contributed by atoms with van der Waals surface area (Å²) in [4.78, 5) is 11.3. The molecule has 0 radical (unpaired) electrons. The van der Waals surface area contributed by atoms with Crippen LogP contribution in [0.15, 0.2) is 24.3 Å². The molecule has 0 fully saturated rings. The first-order valence-corrected chi connectivity index (χ1v) is 7.94. The molecule has 0 saturated carbocycles. The van der Waals surface area contributed by atoms with Crippen LogP contribution in [0.4, 0.5) is 4.39 Å². The molecular formula is C13H19FN2O3S. The standard InChI is InChI=1S/C13H19FN2O3S/c1-3-9(2)12(13(15)17)16-20(18,19)8-10-6-4-5-7-11(10)14/h4-7,9,12,16H,3,8H2,1-2H3,(H2,15,17). The van der Waals surface area contributed by atoms with Crippen molar-refractivity contribution in [2.24, 2.45) is 11.7 Å². The lowest BCUT2D eigenvalue weighted by molar-refractivity contribution is -0.120. The lowest BCUT2D eigenvalue weighted by Gasteiger charge is -2.21. The van der Waals surface area contributed by atoms with Crippen LogP contribution >= 0.6 is 0 Å². The maximum atomic E-state index is 13.5. The molecule has 1 rings (SSSR count). The van der Waals surface area contributed by atoms with Crippen LogP contribution in [0.25, 0.3) is 0 Å². The minimum absolute atomic E-state index is 0.0485. The molecule has 0 aromatic heterocycles. The lowest BCUT2D eigenvalue weighted by atomic mass is 10.00. The Morgan fingerprint density at radius 1 is 1.40 bits per heavy atom. The Kier molecular flexibility index (Phi) is 5.64. The van der Waals surface area contributed by atoms with Gasteiger partial charge in [0, 0.05) is 5.56 Å². The number of benzene rings is 1. The minimum Gasteiger partial charge on any atom is -0.368 e. The average molecular weight is 302 g/mol. The van der Waals surface area contributed by atoms with Crippen molar-refractivity contribution in [1.29, 1.82) is 0 Å². The monoisotopic (exact) mass is 302 g/mol. The van der Waals surface area contributed by atoms with E-state index >= 15 is 0 Å². The van der Waals surface area contributed by atoms with Gasteiger partial charge in [0.15, 0.2) is 0 Å². The second-order valence-electron chi connectivity index (χ2n) is 4.73. The molecule has 0 aliphatic rings. The van der Waals surface area contributed by atoms with E-state index in [0.29, 0.717) is 6.42 Å². The van der Waals surface area contributed by atoms with Crippen LogP contribution in [0.2, 0.25) is 0 Å². The predicted molar refractivity (Wildman–Crippen MR) is 74.6 cm³/mol. The molecule has 0 bridgehead atoms. The van der Waals surface area contributed by atoms with E-state index in [1.165, 1.54) is 18.2 Å². The van der Waals surface area contributed by atoms with E-state index in [0.717, 1.165) is 0 Å². The van der Waals surface area contributed by atoms with Gasteiger partial charge in [-0.2, -0.15) is 0 Å². The number of nitrogens with one attached hydrogen (secondary N) is 1. The van der Waals surface area contributed by atoms with Crippen molar-refractivity contribution >= 4 is 15.9 Å². The van der Waals surface area contributed by atoms with Gasteiger partial charge in [0.1, 0.15) is 11.9 Å². The second-order valence-corrected chi connectivity index (χ2v) is 6.49. The summed E-state index contributed by atoms with van der Waals surface area (Å²) in [6, 6.07) is 4.61. The van der Waals surface area contributed by atoms with Crippen molar-refractivity contribution in [3.63, 3.8) is 0 Å². The second kappa shape index (κ2) is 6.81. The third kappa shape index (κ3) is 4.57. The number of hydrogen-bond acceptors (Lipinski definition) is 3. The smallest absolute Gasteiger partial charge is 0.235 e. The zero-order valence-corrected chi connectivity index (χ0v) is 12.3. The lowest BCUT2D eigenvalue weighted by Crippen LogP contribution is -2.48. The number of carbonyl (C=O) groups excluding carboxylic acids is 1. The summed E-state index contributed by atoms with van der Waals surface area (Å²) in [6.07, 6.45) is 0.593. The largest absolute Gasteiger partial charge is 0.368 e. The Labute approximate surface area is 118 Å². The van der Waals surface area contributed by atoms with Gasteiger partial charge in [-0.3, -0.25) is 4.79 Å². The Morgan fingerprint density at radius 2 is 2.00 bits per heavy atom. The summed E-state index contributed by atoms with van der Waals surface area (Å²) in [7, 11) is -3.85. The third-order valence-corrected chi connectivity index (χ3v) is 4.43. The molecule has 0 aliphatic carbocycles. The summed E-state index contributed by atoms with van der Waals surface area (Å²) < 4.78 is 39.7. The highest BCUT2D eigenvalue weighted by Crippen LogP contribution is 2.13. The number of carbonyl (C=O) groups is 1. The number of hydrogen-bond donors (Lipinski definition) is 2. The highest BCUT2D eigenvalue weighted by atomic mass is 32.2. The zero-order chi connectivity index (χ0) is 15.3. The molecule has 1 amide bonds. The average Bonchev–Trinajstić information content (AvgIpc) is 2.37. The van der Waals surface area contributed by atoms with Gasteiger partial charge in [0.25, 0.3) is 0 Å². The molecule has 5 nitrogen and oxygen atoms in total. The summed E-state index contributed by atoms with van der Waals surface area (Å²) in [6.45, 7) is 3.55. The number of sulfonamides is 1. The number of primary amides is 1. The Morgan fingerprint density at radius 3 is 2.50 bits per heavy atom. The maximum absolute atomic E-state index is 13.5. The van der Waals surface area contributed by atoms with Crippen LogP contribution in [0.5, 0.6) is 0 Å². The van der Waals surface area contributed by atoms with Gasteiger partial charge < -0.3 is 5.73 Å². The first-order chi connectivity index (χ1) is 9.26. The molecule has 0 spiro atoms. The summed E-state index contributed by atoms with van der Waals surface area (Å²) in [5.74, 6) is -2.10. The number of halogens is 1. The molecule has 20 heavy (non-hydrogen) atoms. The van der Waals surface area contributed by atoms with Gasteiger partial charge in [-0.15, -0.1) is 0 Å². The van der Waals surface area contributed by atoms with E-state index in [1.54, 1.807) is 13.0 Å². The first kappa shape index (κ1) is 16.6. The van der Waals surface area contributed by atoms with Crippen LogP contribution < -0.4 is 10.5 Å². The molecule has 3 N–H and O–H groups in total. The molecule has 112 valence electrons. The van der Waals surface area contributed by atoms with E-state index in [9.17, 15) is 17.6 Å². The Balaban J connectivity index is 2.89. The fraction of sp³-hybridized carbons (Fsp3) is 0.462. The molecule has 0 saturated heterocycles. The summed E-state index contributed by atoms with van der Waals surface area (Å²) in [5, 5.41) is 0. The van der Waals surface area contributed by atoms with E-state index < -0.39 is 33.5 Å². The highest BCUT2D eigenvalue weighted by molar-refractivity contribution is 7.88. The van der Waals surface area contributed by atoms with Crippen molar-refractivity contribution in [2.45, 2.75) is 32.1 Å². The first-order valence-electron chi connectivity index (χ1n) is 6.29. The van der Waals surface area contributed by atoms with Gasteiger partial charge in [0.05, 0.1) is 5.75 Å². The SMILES string of the molecule is CCC(C)C(NS(=O)(=O)Cc1ccccc1F)C(N)=O. The van der Waals surface area contributed by atoms with Gasteiger partial charge in [-0.05, 0) is 12.0 Å². The molecular weight excluding hydrogens is 283 g/mol. The molecule has 2 atom stereocenters. The van der Waals surface area contributed by atoms with Crippen molar-refractivity contribution in [1.82, 2.24) is 4.72 Å². The van der Waals surface area contributed by atoms with Crippen molar-refractivity contribution in [2.75, 3.05) is 0 Å². The van der Waals surface area contributed by atoms with Crippen molar-refractivity contribution < 1.29 is 17.6 Å². The zero-order valence-electron chi connectivity index (χ0n) is 11.5. The quantitative estimate of drug-likeness (QED) is 0.791.